The van der Waals surface area contributed by atoms with E-state index in [0.717, 1.165) is 23.3 Å². The average molecular weight is 485 g/mol. The third kappa shape index (κ3) is 4.71. The molecule has 0 spiro atoms. The number of benzene rings is 2. The molecule has 2 aromatic carbocycles. The van der Waals surface area contributed by atoms with Gasteiger partial charge in [-0.05, 0) is 55.7 Å². The normalized spacial score (nSPS) is 15.4. The summed E-state index contributed by atoms with van der Waals surface area (Å²) in [5.74, 6) is -0.483. The van der Waals surface area contributed by atoms with Gasteiger partial charge in [0.2, 0.25) is 15.9 Å². The SMILES string of the molecule is CCCn1c(=O)sc2cc(S(=O)(=O)N3CCC(C(=O)Nc4cccc(C#N)c4)CC3)ccc21. The zero-order valence-electron chi connectivity index (χ0n) is 18.2. The summed E-state index contributed by atoms with van der Waals surface area (Å²) in [6, 6.07) is 13.6. The minimum Gasteiger partial charge on any atom is -0.326 e. The smallest absolute Gasteiger partial charge is 0.308 e. The molecule has 1 fully saturated rings. The molecule has 0 bridgehead atoms. The lowest BCUT2D eigenvalue weighted by Crippen LogP contribution is -2.41. The number of aryl methyl sites for hydroxylation is 1. The van der Waals surface area contributed by atoms with E-state index in [4.69, 9.17) is 5.26 Å². The highest BCUT2D eigenvalue weighted by Gasteiger charge is 2.32. The molecule has 1 aromatic heterocycles. The van der Waals surface area contributed by atoms with Crippen LogP contribution in [0.4, 0.5) is 5.69 Å². The molecule has 3 aromatic rings. The minimum atomic E-state index is -3.73. The number of nitrogens with one attached hydrogen (secondary N) is 1. The van der Waals surface area contributed by atoms with Crippen molar-refractivity contribution in [2.24, 2.45) is 5.92 Å². The molecule has 1 amide bonds. The molecule has 0 radical (unpaired) electrons. The lowest BCUT2D eigenvalue weighted by atomic mass is 9.97. The summed E-state index contributed by atoms with van der Waals surface area (Å²) in [4.78, 5) is 24.9. The van der Waals surface area contributed by atoms with Crippen LogP contribution >= 0.6 is 11.3 Å². The van der Waals surface area contributed by atoms with E-state index in [9.17, 15) is 18.0 Å². The summed E-state index contributed by atoms with van der Waals surface area (Å²) < 4.78 is 30.1. The Bertz CT molecular complexity index is 1390. The number of hydrogen-bond donors (Lipinski definition) is 1. The number of anilines is 1. The molecular weight excluding hydrogens is 460 g/mol. The molecule has 0 saturated carbocycles. The number of sulfonamides is 1. The summed E-state index contributed by atoms with van der Waals surface area (Å²) in [5, 5.41) is 11.8. The zero-order chi connectivity index (χ0) is 23.6. The Morgan fingerprint density at radius 1 is 1.21 bits per heavy atom. The van der Waals surface area contributed by atoms with Crippen molar-refractivity contribution in [2.75, 3.05) is 18.4 Å². The predicted octanol–water partition coefficient (Wildman–Crippen LogP) is 3.38. The first-order valence-corrected chi connectivity index (χ1v) is 13.0. The molecule has 0 aliphatic carbocycles. The minimum absolute atomic E-state index is 0.0893. The lowest BCUT2D eigenvalue weighted by Gasteiger charge is -2.30. The van der Waals surface area contributed by atoms with Crippen molar-refractivity contribution in [3.05, 3.63) is 57.7 Å². The van der Waals surface area contributed by atoms with Gasteiger partial charge in [-0.15, -0.1) is 0 Å². The van der Waals surface area contributed by atoms with Gasteiger partial charge in [0, 0.05) is 31.2 Å². The maximum atomic E-state index is 13.2. The maximum absolute atomic E-state index is 13.2. The second kappa shape index (κ2) is 9.47. The summed E-state index contributed by atoms with van der Waals surface area (Å²) in [5.41, 5.74) is 1.76. The summed E-state index contributed by atoms with van der Waals surface area (Å²) in [6.45, 7) is 3.07. The summed E-state index contributed by atoms with van der Waals surface area (Å²) >= 11 is 1.05. The Balaban J connectivity index is 1.45. The van der Waals surface area contributed by atoms with Crippen LogP contribution in [0.2, 0.25) is 0 Å². The molecule has 10 heteroatoms. The van der Waals surface area contributed by atoms with Crippen LogP contribution in [0.5, 0.6) is 0 Å². The van der Waals surface area contributed by atoms with E-state index in [-0.39, 0.29) is 34.7 Å². The van der Waals surface area contributed by atoms with Crippen molar-refractivity contribution in [3.8, 4) is 6.07 Å². The van der Waals surface area contributed by atoms with E-state index in [1.54, 1.807) is 47.0 Å². The number of nitrogens with zero attached hydrogens (tertiary/aromatic N) is 3. The van der Waals surface area contributed by atoms with Crippen molar-refractivity contribution >= 4 is 43.2 Å². The highest BCUT2D eigenvalue weighted by molar-refractivity contribution is 7.89. The molecule has 1 N–H and O–H groups in total. The van der Waals surface area contributed by atoms with Gasteiger partial charge in [0.1, 0.15) is 0 Å². The monoisotopic (exact) mass is 484 g/mol. The second-order valence-corrected chi connectivity index (χ2v) is 10.9. The molecule has 0 unspecified atom stereocenters. The number of piperidine rings is 1. The van der Waals surface area contributed by atoms with Gasteiger partial charge in [0.05, 0.1) is 26.7 Å². The summed E-state index contributed by atoms with van der Waals surface area (Å²) in [6.07, 6.45) is 1.63. The third-order valence-electron chi connectivity index (χ3n) is 5.81. The zero-order valence-corrected chi connectivity index (χ0v) is 19.8. The second-order valence-electron chi connectivity index (χ2n) is 8.01. The van der Waals surface area contributed by atoms with Gasteiger partial charge in [-0.2, -0.15) is 9.57 Å². The first-order valence-electron chi connectivity index (χ1n) is 10.8. The third-order valence-corrected chi connectivity index (χ3v) is 8.65. The number of fused-ring (bicyclic) bond motifs is 1. The Labute approximate surface area is 196 Å². The molecule has 1 saturated heterocycles. The molecule has 8 nitrogen and oxygen atoms in total. The Kier molecular flexibility index (Phi) is 6.65. The van der Waals surface area contributed by atoms with E-state index < -0.39 is 10.0 Å². The van der Waals surface area contributed by atoms with Crippen molar-refractivity contribution in [3.63, 3.8) is 0 Å². The molecule has 2 heterocycles. The first kappa shape index (κ1) is 23.2. The average Bonchev–Trinajstić information content (AvgIpc) is 3.13. The van der Waals surface area contributed by atoms with Crippen LogP contribution in [0.1, 0.15) is 31.7 Å². The predicted molar refractivity (Wildman–Crippen MR) is 128 cm³/mol. The van der Waals surface area contributed by atoms with Crippen molar-refractivity contribution in [1.82, 2.24) is 8.87 Å². The van der Waals surface area contributed by atoms with E-state index in [1.807, 2.05) is 13.0 Å². The fourth-order valence-electron chi connectivity index (χ4n) is 4.06. The highest BCUT2D eigenvalue weighted by Crippen LogP contribution is 2.28. The largest absolute Gasteiger partial charge is 0.326 e. The van der Waals surface area contributed by atoms with Crippen molar-refractivity contribution < 1.29 is 13.2 Å². The van der Waals surface area contributed by atoms with E-state index in [2.05, 4.69) is 5.32 Å². The lowest BCUT2D eigenvalue weighted by molar-refractivity contribution is -0.120. The quantitative estimate of drug-likeness (QED) is 0.576. The van der Waals surface area contributed by atoms with Gasteiger partial charge in [0.25, 0.3) is 0 Å². The first-order chi connectivity index (χ1) is 15.8. The van der Waals surface area contributed by atoms with Crippen molar-refractivity contribution in [1.29, 1.82) is 5.26 Å². The van der Waals surface area contributed by atoms with E-state index in [1.165, 1.54) is 4.31 Å². The van der Waals surface area contributed by atoms with E-state index >= 15 is 0 Å². The van der Waals surface area contributed by atoms with Crippen LogP contribution in [0.3, 0.4) is 0 Å². The fraction of sp³-hybridized carbons (Fsp3) is 0.348. The fourth-order valence-corrected chi connectivity index (χ4v) is 6.59. The van der Waals surface area contributed by atoms with Crippen LogP contribution in [-0.2, 0) is 21.4 Å². The number of carbonyl (C=O) groups is 1. The topological polar surface area (TPSA) is 112 Å². The number of hydrogen-bond acceptors (Lipinski definition) is 6. The van der Waals surface area contributed by atoms with Crippen molar-refractivity contribution in [2.45, 2.75) is 37.6 Å². The molecule has 1 aliphatic heterocycles. The van der Waals surface area contributed by atoms with Gasteiger partial charge >= 0.3 is 4.87 Å². The van der Waals surface area contributed by atoms with Gasteiger partial charge in [-0.3, -0.25) is 14.2 Å². The Morgan fingerprint density at radius 2 is 1.97 bits per heavy atom. The Hall–Kier alpha value is -3.00. The van der Waals surface area contributed by atoms with Gasteiger partial charge in [-0.25, -0.2) is 8.42 Å². The van der Waals surface area contributed by atoms with Gasteiger partial charge in [-0.1, -0.05) is 24.3 Å². The van der Waals surface area contributed by atoms with Crippen LogP contribution in [-0.4, -0.2) is 36.3 Å². The summed E-state index contributed by atoms with van der Waals surface area (Å²) in [7, 11) is -3.73. The number of rotatable bonds is 6. The number of aromatic nitrogens is 1. The molecule has 33 heavy (non-hydrogen) atoms. The molecular formula is C23H24N4O4S2. The van der Waals surface area contributed by atoms with Gasteiger partial charge in [0.15, 0.2) is 0 Å². The van der Waals surface area contributed by atoms with E-state index in [0.29, 0.717) is 35.3 Å². The molecule has 172 valence electrons. The molecule has 1 aliphatic rings. The molecule has 0 atom stereocenters. The molecule has 4 rings (SSSR count). The van der Waals surface area contributed by atoms with Crippen LogP contribution in [0.15, 0.2) is 52.2 Å². The maximum Gasteiger partial charge on any atom is 0.308 e. The highest BCUT2D eigenvalue weighted by atomic mass is 32.2. The van der Waals surface area contributed by atoms with Crippen LogP contribution in [0, 0.1) is 17.2 Å². The number of nitriles is 1. The van der Waals surface area contributed by atoms with Crippen LogP contribution < -0.4 is 10.2 Å². The number of amides is 1. The number of carbonyl (C=O) groups excluding carboxylic acids is 1. The standard InChI is InChI=1S/C23H24N4O4S2/c1-2-10-27-20-7-6-19(14-21(20)32-23(27)29)33(30,31)26-11-8-17(9-12-26)22(28)25-18-5-3-4-16(13-18)15-24/h3-7,13-14,17H,2,8-12H2,1H3,(H,25,28). The van der Waals surface area contributed by atoms with Crippen LogP contribution in [0.25, 0.3) is 10.2 Å². The van der Waals surface area contributed by atoms with Gasteiger partial charge < -0.3 is 5.32 Å². The number of thiazole rings is 1. The Morgan fingerprint density at radius 3 is 2.67 bits per heavy atom.